The van der Waals surface area contributed by atoms with Crippen molar-refractivity contribution in [3.8, 4) is 11.7 Å². The highest BCUT2D eigenvalue weighted by Crippen LogP contribution is 2.26. The molecule has 0 N–H and O–H groups in total. The predicted octanol–water partition coefficient (Wildman–Crippen LogP) is 3.20. The molecule has 0 aromatic carbocycles. The van der Waals surface area contributed by atoms with Crippen LogP contribution >= 0.6 is 15.9 Å². The van der Waals surface area contributed by atoms with Crippen molar-refractivity contribution in [2.24, 2.45) is 0 Å². The van der Waals surface area contributed by atoms with E-state index in [1.165, 1.54) is 4.80 Å². The summed E-state index contributed by atoms with van der Waals surface area (Å²) < 4.78 is 6.99. The molecule has 4 heterocycles. The summed E-state index contributed by atoms with van der Waals surface area (Å²) in [5.41, 5.74) is 1.39. The molecule has 3 aromatic rings. The van der Waals surface area contributed by atoms with E-state index in [1.807, 2.05) is 36.9 Å². The first kappa shape index (κ1) is 19.5. The van der Waals surface area contributed by atoms with E-state index < -0.39 is 0 Å². The van der Waals surface area contributed by atoms with Gasteiger partial charge >= 0.3 is 0 Å². The van der Waals surface area contributed by atoms with Crippen LogP contribution in [0.25, 0.3) is 5.82 Å². The van der Waals surface area contributed by atoms with Crippen LogP contribution < -0.4 is 4.74 Å². The summed E-state index contributed by atoms with van der Waals surface area (Å²) >= 11 is 3.38. The second-order valence-corrected chi connectivity index (χ2v) is 7.97. The van der Waals surface area contributed by atoms with Crippen LogP contribution in [0.4, 0.5) is 0 Å². The molecule has 29 heavy (non-hydrogen) atoms. The van der Waals surface area contributed by atoms with Gasteiger partial charge in [-0.05, 0) is 60.3 Å². The molecule has 0 bridgehead atoms. The van der Waals surface area contributed by atoms with Gasteiger partial charge in [-0.2, -0.15) is 10.2 Å². The number of carbonyl (C=O) groups excluding carboxylic acids is 1. The maximum Gasteiger partial charge on any atom is 0.258 e. The average Bonchev–Trinajstić information content (AvgIpc) is 3.25. The number of aromatic nitrogens is 5. The maximum absolute atomic E-state index is 13.5. The Labute approximate surface area is 177 Å². The lowest BCUT2D eigenvalue weighted by atomic mass is 9.98. The van der Waals surface area contributed by atoms with Crippen molar-refractivity contribution in [1.82, 2.24) is 29.9 Å². The molecule has 0 spiro atoms. The minimum atomic E-state index is -0.134. The van der Waals surface area contributed by atoms with Crippen LogP contribution in [0.3, 0.4) is 0 Å². The van der Waals surface area contributed by atoms with Crippen molar-refractivity contribution >= 4 is 21.8 Å². The first-order chi connectivity index (χ1) is 14.0. The molecule has 0 radical (unpaired) electrons. The lowest BCUT2D eigenvalue weighted by Gasteiger charge is -2.39. The number of nitrogens with zero attached hydrogens (tertiary/aromatic N) is 6. The standard InChI is InChI=1S/C20H21BrN6O2/c1-13-10-16(19(23-11-13)27-24-7-8-25-27)20(28)26-9-3-4-17(14(26)2)29-18-6-5-15(21)12-22-18/h5-8,10-12,14,17H,3-4,9H2,1-2H3/t14-,17+/m0/s1. The van der Waals surface area contributed by atoms with Crippen molar-refractivity contribution < 1.29 is 9.53 Å². The molecule has 1 aliphatic rings. The van der Waals surface area contributed by atoms with Gasteiger partial charge in [0.25, 0.3) is 5.91 Å². The van der Waals surface area contributed by atoms with Crippen LogP contribution in [-0.2, 0) is 0 Å². The van der Waals surface area contributed by atoms with Gasteiger partial charge in [0, 0.05) is 29.5 Å². The molecule has 0 aliphatic carbocycles. The number of aryl methyl sites for hydroxylation is 1. The first-order valence-corrected chi connectivity index (χ1v) is 10.2. The first-order valence-electron chi connectivity index (χ1n) is 9.45. The Morgan fingerprint density at radius 2 is 2.00 bits per heavy atom. The Kier molecular flexibility index (Phi) is 5.57. The Balaban J connectivity index is 1.58. The minimum absolute atomic E-state index is 0.0990. The quantitative estimate of drug-likeness (QED) is 0.598. The third-order valence-electron chi connectivity index (χ3n) is 4.99. The monoisotopic (exact) mass is 456 g/mol. The van der Waals surface area contributed by atoms with Crippen LogP contribution in [0, 0.1) is 6.92 Å². The van der Waals surface area contributed by atoms with Gasteiger partial charge in [-0.3, -0.25) is 4.79 Å². The Bertz CT molecular complexity index is 993. The molecule has 1 fully saturated rings. The van der Waals surface area contributed by atoms with E-state index in [2.05, 4.69) is 36.1 Å². The van der Waals surface area contributed by atoms with Crippen molar-refractivity contribution in [2.75, 3.05) is 6.54 Å². The molecule has 3 aromatic heterocycles. The van der Waals surface area contributed by atoms with E-state index in [-0.39, 0.29) is 18.1 Å². The smallest absolute Gasteiger partial charge is 0.258 e. The number of hydrogen-bond acceptors (Lipinski definition) is 6. The topological polar surface area (TPSA) is 86.0 Å². The van der Waals surface area contributed by atoms with E-state index in [0.717, 1.165) is 22.9 Å². The normalized spacial score (nSPS) is 19.2. The minimum Gasteiger partial charge on any atom is -0.472 e. The fourth-order valence-corrected chi connectivity index (χ4v) is 3.73. The zero-order valence-corrected chi connectivity index (χ0v) is 17.8. The van der Waals surface area contributed by atoms with Gasteiger partial charge in [0.05, 0.1) is 24.0 Å². The Morgan fingerprint density at radius 3 is 2.72 bits per heavy atom. The number of ether oxygens (including phenoxy) is 1. The second-order valence-electron chi connectivity index (χ2n) is 7.05. The summed E-state index contributed by atoms with van der Waals surface area (Å²) in [6.45, 7) is 4.58. The number of rotatable bonds is 4. The van der Waals surface area contributed by atoms with Gasteiger partial charge < -0.3 is 9.64 Å². The Hall–Kier alpha value is -2.81. The second kappa shape index (κ2) is 8.28. The zero-order valence-electron chi connectivity index (χ0n) is 16.2. The summed E-state index contributed by atoms with van der Waals surface area (Å²) in [6.07, 6.45) is 8.12. The number of amides is 1. The van der Waals surface area contributed by atoms with Gasteiger partial charge in [-0.25, -0.2) is 9.97 Å². The fraction of sp³-hybridized carbons (Fsp3) is 0.350. The van der Waals surface area contributed by atoms with E-state index in [9.17, 15) is 4.79 Å². The van der Waals surface area contributed by atoms with Crippen molar-refractivity contribution in [3.05, 3.63) is 58.6 Å². The third-order valence-corrected chi connectivity index (χ3v) is 5.46. The summed E-state index contributed by atoms with van der Waals surface area (Å²) in [4.78, 5) is 25.4. The van der Waals surface area contributed by atoms with E-state index in [4.69, 9.17) is 4.74 Å². The highest BCUT2D eigenvalue weighted by molar-refractivity contribution is 9.10. The van der Waals surface area contributed by atoms with E-state index >= 15 is 0 Å². The zero-order chi connectivity index (χ0) is 20.4. The van der Waals surface area contributed by atoms with Crippen LogP contribution in [-0.4, -0.2) is 54.5 Å². The number of carbonyl (C=O) groups is 1. The number of pyridine rings is 2. The molecule has 8 nitrogen and oxygen atoms in total. The number of likely N-dealkylation sites (tertiary alicyclic amines) is 1. The lowest BCUT2D eigenvalue weighted by Crippen LogP contribution is -2.51. The van der Waals surface area contributed by atoms with E-state index in [0.29, 0.717) is 23.8 Å². The summed E-state index contributed by atoms with van der Waals surface area (Å²) in [5, 5.41) is 8.27. The highest BCUT2D eigenvalue weighted by Gasteiger charge is 2.34. The maximum atomic E-state index is 13.5. The van der Waals surface area contributed by atoms with Crippen LogP contribution in [0.2, 0.25) is 0 Å². The van der Waals surface area contributed by atoms with Crippen molar-refractivity contribution in [2.45, 2.75) is 38.8 Å². The summed E-state index contributed by atoms with van der Waals surface area (Å²) in [5.74, 6) is 0.881. The van der Waals surface area contributed by atoms with Gasteiger partial charge in [0.2, 0.25) is 5.88 Å². The molecule has 9 heteroatoms. The summed E-state index contributed by atoms with van der Waals surface area (Å²) in [7, 11) is 0. The van der Waals surface area contributed by atoms with Gasteiger partial charge in [-0.1, -0.05) is 0 Å². The fourth-order valence-electron chi connectivity index (χ4n) is 3.50. The molecular formula is C20H21BrN6O2. The van der Waals surface area contributed by atoms with Crippen LogP contribution in [0.5, 0.6) is 5.88 Å². The molecule has 1 aliphatic heterocycles. The van der Waals surface area contributed by atoms with Gasteiger partial charge in [0.15, 0.2) is 5.82 Å². The van der Waals surface area contributed by atoms with Gasteiger partial charge in [-0.15, -0.1) is 4.80 Å². The van der Waals surface area contributed by atoms with Crippen molar-refractivity contribution in [1.29, 1.82) is 0 Å². The lowest BCUT2D eigenvalue weighted by molar-refractivity contribution is 0.0265. The SMILES string of the molecule is Cc1cnc(-n2nccn2)c(C(=O)N2CCC[C@@H](Oc3ccc(Br)cn3)[C@@H]2C)c1. The molecule has 2 atom stereocenters. The number of halogens is 1. The molecule has 0 saturated carbocycles. The molecule has 0 unspecified atom stereocenters. The van der Waals surface area contributed by atoms with Crippen LogP contribution in [0.15, 0.2) is 47.5 Å². The van der Waals surface area contributed by atoms with E-state index in [1.54, 1.807) is 24.8 Å². The number of hydrogen-bond donors (Lipinski definition) is 0. The third kappa shape index (κ3) is 4.14. The summed E-state index contributed by atoms with van der Waals surface area (Å²) in [6, 6.07) is 5.44. The van der Waals surface area contributed by atoms with Crippen LogP contribution in [0.1, 0.15) is 35.7 Å². The van der Waals surface area contributed by atoms with Gasteiger partial charge in [0.1, 0.15) is 6.10 Å². The van der Waals surface area contributed by atoms with Crippen molar-refractivity contribution in [3.63, 3.8) is 0 Å². The average molecular weight is 457 g/mol. The molecule has 1 saturated heterocycles. The molecular weight excluding hydrogens is 436 g/mol. The number of piperidine rings is 1. The molecule has 150 valence electrons. The largest absolute Gasteiger partial charge is 0.472 e. The highest BCUT2D eigenvalue weighted by atomic mass is 79.9. The molecule has 1 amide bonds. The molecule has 4 rings (SSSR count). The Morgan fingerprint density at radius 1 is 1.21 bits per heavy atom. The predicted molar refractivity (Wildman–Crippen MR) is 110 cm³/mol.